The molecule has 5 nitrogen and oxygen atoms in total. The fourth-order valence-electron chi connectivity index (χ4n) is 1.29. The number of hydrogen-bond donors (Lipinski definition) is 2. The summed E-state index contributed by atoms with van der Waals surface area (Å²) in [7, 11) is -0.316. The molecule has 0 saturated carbocycles. The molecule has 1 heterocycles. The van der Waals surface area contributed by atoms with Crippen LogP contribution in [0.15, 0.2) is 28.7 Å². The maximum atomic E-state index is 8.58. The molecule has 0 saturated heterocycles. The summed E-state index contributed by atoms with van der Waals surface area (Å²) >= 11 is 0. The first-order valence-electron chi connectivity index (χ1n) is 4.29. The minimum absolute atomic E-state index is 0.0493. The molecule has 0 aliphatic heterocycles. The molecule has 0 fully saturated rings. The van der Waals surface area contributed by atoms with Crippen LogP contribution in [0, 0.1) is 0 Å². The van der Waals surface area contributed by atoms with Crippen LogP contribution in [0.4, 0.5) is 0 Å². The highest BCUT2D eigenvalue weighted by molar-refractivity contribution is 6.33. The zero-order chi connectivity index (χ0) is 10.8. The van der Waals surface area contributed by atoms with Crippen LogP contribution in [0.3, 0.4) is 0 Å². The molecule has 0 spiro atoms. The van der Waals surface area contributed by atoms with E-state index in [9.17, 15) is 0 Å². The van der Waals surface area contributed by atoms with Crippen molar-refractivity contribution >= 4 is 18.3 Å². The van der Waals surface area contributed by atoms with E-state index in [-0.39, 0.29) is 5.95 Å². The SMILES string of the molecule is COc1ccc2oc(OB(O)O)cc2c1. The Hall–Kier alpha value is -1.66. The van der Waals surface area contributed by atoms with Gasteiger partial charge in [-0.1, -0.05) is 0 Å². The smallest absolute Gasteiger partial charge is 0.497 e. The van der Waals surface area contributed by atoms with Gasteiger partial charge in [-0.2, -0.15) is 0 Å². The molecule has 2 aromatic rings. The van der Waals surface area contributed by atoms with Crippen molar-refractivity contribution in [1.82, 2.24) is 0 Å². The van der Waals surface area contributed by atoms with Gasteiger partial charge in [0.15, 0.2) is 0 Å². The molecule has 0 amide bonds. The van der Waals surface area contributed by atoms with Crippen molar-refractivity contribution in [2.24, 2.45) is 0 Å². The summed E-state index contributed by atoms with van der Waals surface area (Å²) < 4.78 is 14.8. The van der Waals surface area contributed by atoms with E-state index in [2.05, 4.69) is 4.65 Å². The Morgan fingerprint density at radius 3 is 2.73 bits per heavy atom. The molecule has 0 atom stereocenters. The molecule has 0 unspecified atom stereocenters. The van der Waals surface area contributed by atoms with Crippen LogP contribution < -0.4 is 9.39 Å². The molecule has 78 valence electrons. The van der Waals surface area contributed by atoms with Crippen LogP contribution >= 0.6 is 0 Å². The van der Waals surface area contributed by atoms with Crippen LogP contribution in [-0.2, 0) is 0 Å². The predicted octanol–water partition coefficient (Wildman–Crippen LogP) is 0.790. The number of rotatable bonds is 3. The maximum Gasteiger partial charge on any atom is 0.709 e. The van der Waals surface area contributed by atoms with Gasteiger partial charge >= 0.3 is 7.32 Å². The van der Waals surface area contributed by atoms with Gasteiger partial charge in [-0.05, 0) is 18.2 Å². The summed E-state index contributed by atoms with van der Waals surface area (Å²) in [6, 6.07) is 6.77. The standard InChI is InChI=1S/C9H9BO5/c1-13-7-2-3-8-6(4-7)5-9(14-8)15-10(11)12/h2-5,11-12H,1H3. The maximum absolute atomic E-state index is 8.58. The van der Waals surface area contributed by atoms with Crippen molar-refractivity contribution < 1.29 is 23.9 Å². The first-order valence-corrected chi connectivity index (χ1v) is 4.29. The molecule has 6 heteroatoms. The lowest BCUT2D eigenvalue weighted by molar-refractivity contribution is 0.257. The second-order valence-electron chi connectivity index (χ2n) is 2.91. The lowest BCUT2D eigenvalue weighted by Gasteiger charge is -1.97. The number of furan rings is 1. The monoisotopic (exact) mass is 208 g/mol. The number of benzene rings is 1. The van der Waals surface area contributed by atoms with Crippen molar-refractivity contribution in [3.8, 4) is 11.7 Å². The fraction of sp³-hybridized carbons (Fsp3) is 0.111. The summed E-state index contributed by atoms with van der Waals surface area (Å²) in [6.07, 6.45) is 0. The Labute approximate surface area is 86.0 Å². The fourth-order valence-corrected chi connectivity index (χ4v) is 1.29. The third-order valence-corrected chi connectivity index (χ3v) is 1.92. The predicted molar refractivity (Wildman–Crippen MR) is 53.6 cm³/mol. The molecule has 1 aromatic carbocycles. The van der Waals surface area contributed by atoms with E-state index >= 15 is 0 Å². The highest BCUT2D eigenvalue weighted by Gasteiger charge is 2.14. The van der Waals surface area contributed by atoms with E-state index in [0.29, 0.717) is 11.3 Å². The van der Waals surface area contributed by atoms with Gasteiger partial charge in [-0.3, -0.25) is 0 Å². The number of ether oxygens (including phenoxy) is 1. The normalized spacial score (nSPS) is 10.3. The molecule has 0 radical (unpaired) electrons. The van der Waals surface area contributed by atoms with E-state index in [4.69, 9.17) is 19.2 Å². The van der Waals surface area contributed by atoms with Gasteiger partial charge in [-0.25, -0.2) is 0 Å². The van der Waals surface area contributed by atoms with Crippen LogP contribution in [0.1, 0.15) is 0 Å². The van der Waals surface area contributed by atoms with Gasteiger partial charge < -0.3 is 23.9 Å². The molecule has 1 aromatic heterocycles. The third kappa shape index (κ3) is 2.06. The third-order valence-electron chi connectivity index (χ3n) is 1.92. The first kappa shape index (κ1) is 9.88. The van der Waals surface area contributed by atoms with Crippen LogP contribution in [0.2, 0.25) is 0 Å². The minimum atomic E-state index is -1.88. The molecular weight excluding hydrogens is 199 g/mol. The topological polar surface area (TPSA) is 72.1 Å². The molecule has 15 heavy (non-hydrogen) atoms. The van der Waals surface area contributed by atoms with Gasteiger partial charge in [0.1, 0.15) is 11.3 Å². The highest BCUT2D eigenvalue weighted by Crippen LogP contribution is 2.28. The van der Waals surface area contributed by atoms with Crippen molar-refractivity contribution in [2.45, 2.75) is 0 Å². The van der Waals surface area contributed by atoms with Gasteiger partial charge in [0.25, 0.3) is 5.95 Å². The summed E-state index contributed by atoms with van der Waals surface area (Å²) in [4.78, 5) is 0. The number of methoxy groups -OCH3 is 1. The van der Waals surface area contributed by atoms with E-state index in [0.717, 1.165) is 5.39 Å². The largest absolute Gasteiger partial charge is 0.709 e. The molecular formula is C9H9BO5. The van der Waals surface area contributed by atoms with E-state index in [1.165, 1.54) is 0 Å². The zero-order valence-corrected chi connectivity index (χ0v) is 8.01. The van der Waals surface area contributed by atoms with Gasteiger partial charge in [-0.15, -0.1) is 0 Å². The summed E-state index contributed by atoms with van der Waals surface area (Å²) in [5.74, 6) is 0.743. The lowest BCUT2D eigenvalue weighted by Crippen LogP contribution is -2.20. The highest BCUT2D eigenvalue weighted by atomic mass is 16.7. The summed E-state index contributed by atoms with van der Waals surface area (Å²) in [5.41, 5.74) is 0.589. The van der Waals surface area contributed by atoms with E-state index in [1.54, 1.807) is 31.4 Å². The Balaban J connectivity index is 2.37. The van der Waals surface area contributed by atoms with Crippen molar-refractivity contribution in [3.63, 3.8) is 0 Å². The van der Waals surface area contributed by atoms with Gasteiger partial charge in [0.05, 0.1) is 7.11 Å². The van der Waals surface area contributed by atoms with Crippen LogP contribution in [-0.4, -0.2) is 24.5 Å². The molecule has 2 N–H and O–H groups in total. The van der Waals surface area contributed by atoms with Crippen molar-refractivity contribution in [2.75, 3.05) is 7.11 Å². The van der Waals surface area contributed by atoms with Crippen LogP contribution in [0.5, 0.6) is 11.7 Å². The molecule has 0 aliphatic carbocycles. The second-order valence-corrected chi connectivity index (χ2v) is 2.91. The van der Waals surface area contributed by atoms with Crippen molar-refractivity contribution in [1.29, 1.82) is 0 Å². The summed E-state index contributed by atoms with van der Waals surface area (Å²) in [5, 5.41) is 17.9. The Morgan fingerprint density at radius 1 is 1.27 bits per heavy atom. The van der Waals surface area contributed by atoms with Gasteiger partial charge in [0, 0.05) is 11.5 Å². The number of hydrogen-bond acceptors (Lipinski definition) is 5. The average molecular weight is 208 g/mol. The summed E-state index contributed by atoms with van der Waals surface area (Å²) in [6.45, 7) is 0. The van der Waals surface area contributed by atoms with E-state index < -0.39 is 7.32 Å². The Kier molecular flexibility index (Phi) is 2.53. The van der Waals surface area contributed by atoms with Crippen molar-refractivity contribution in [3.05, 3.63) is 24.3 Å². The molecule has 2 rings (SSSR count). The lowest BCUT2D eigenvalue weighted by atomic mass is 10.2. The average Bonchev–Trinajstić information content (AvgIpc) is 2.57. The molecule has 0 bridgehead atoms. The second kappa shape index (κ2) is 3.84. The zero-order valence-electron chi connectivity index (χ0n) is 8.01. The Bertz CT molecular complexity index is 464. The van der Waals surface area contributed by atoms with E-state index in [1.807, 2.05) is 0 Å². The van der Waals surface area contributed by atoms with Gasteiger partial charge in [0.2, 0.25) is 0 Å². The molecule has 0 aliphatic rings. The Morgan fingerprint density at radius 2 is 2.07 bits per heavy atom. The van der Waals surface area contributed by atoms with Crippen LogP contribution in [0.25, 0.3) is 11.0 Å². The number of fused-ring (bicyclic) bond motifs is 1. The minimum Gasteiger partial charge on any atom is -0.497 e. The first-order chi connectivity index (χ1) is 7.19. The quantitative estimate of drug-likeness (QED) is 0.729.